The zero-order valence-corrected chi connectivity index (χ0v) is 12.6. The van der Waals surface area contributed by atoms with Crippen molar-refractivity contribution < 1.29 is 9.00 Å². The van der Waals surface area contributed by atoms with Crippen molar-refractivity contribution in [1.82, 2.24) is 10.3 Å². The van der Waals surface area contributed by atoms with Gasteiger partial charge in [-0.3, -0.25) is 9.00 Å². The van der Waals surface area contributed by atoms with Crippen LogP contribution in [0.5, 0.6) is 0 Å². The van der Waals surface area contributed by atoms with Gasteiger partial charge in [0.05, 0.1) is 6.42 Å². The zero-order valence-electron chi connectivity index (χ0n) is 11.8. The number of amides is 1. The number of nitrogens with one attached hydrogen (secondary N) is 2. The molecule has 5 heteroatoms. The van der Waals surface area contributed by atoms with E-state index in [-0.39, 0.29) is 11.2 Å². The minimum Gasteiger partial charge on any atom is -0.361 e. The summed E-state index contributed by atoms with van der Waals surface area (Å²) in [5.41, 5.74) is 2.05. The molecule has 2 atom stereocenters. The van der Waals surface area contributed by atoms with Crippen LogP contribution in [-0.4, -0.2) is 33.2 Å². The molecule has 2 aromatic rings. The van der Waals surface area contributed by atoms with E-state index in [1.54, 1.807) is 6.26 Å². The molecule has 1 aromatic carbocycles. The first-order valence-electron chi connectivity index (χ1n) is 6.72. The number of hydrogen-bond donors (Lipinski definition) is 2. The van der Waals surface area contributed by atoms with Crippen LogP contribution < -0.4 is 5.32 Å². The quantitative estimate of drug-likeness (QED) is 0.855. The summed E-state index contributed by atoms with van der Waals surface area (Å²) in [5.74, 6) is 0.00355. The van der Waals surface area contributed by atoms with E-state index >= 15 is 0 Å². The first-order chi connectivity index (χ1) is 9.58. The molecule has 0 aliphatic heterocycles. The highest BCUT2D eigenvalue weighted by Crippen LogP contribution is 2.17. The molecule has 1 heterocycles. The maximum atomic E-state index is 11.9. The SMILES string of the molecule is CC(CCNC(=O)Cc1c[nH]c2ccccc12)S(C)=O. The summed E-state index contributed by atoms with van der Waals surface area (Å²) in [7, 11) is -0.831. The summed E-state index contributed by atoms with van der Waals surface area (Å²) in [6.07, 6.45) is 4.68. The molecule has 0 saturated heterocycles. The van der Waals surface area contributed by atoms with E-state index in [2.05, 4.69) is 10.3 Å². The number of aromatic amines is 1. The fraction of sp³-hybridized carbons (Fsp3) is 0.400. The van der Waals surface area contributed by atoms with Crippen LogP contribution in [0, 0.1) is 0 Å². The van der Waals surface area contributed by atoms with E-state index in [1.807, 2.05) is 37.4 Å². The molecule has 1 amide bonds. The molecule has 2 N–H and O–H groups in total. The molecule has 0 aliphatic carbocycles. The lowest BCUT2D eigenvalue weighted by molar-refractivity contribution is -0.120. The summed E-state index contributed by atoms with van der Waals surface area (Å²) >= 11 is 0. The fourth-order valence-electron chi connectivity index (χ4n) is 2.09. The molecule has 1 aromatic heterocycles. The monoisotopic (exact) mass is 292 g/mol. The Bertz CT molecular complexity index is 621. The fourth-order valence-corrected chi connectivity index (χ4v) is 2.54. The van der Waals surface area contributed by atoms with E-state index in [4.69, 9.17) is 0 Å². The number of H-pyrrole nitrogens is 1. The highest BCUT2D eigenvalue weighted by molar-refractivity contribution is 7.84. The summed E-state index contributed by atoms with van der Waals surface area (Å²) < 4.78 is 11.2. The van der Waals surface area contributed by atoms with Gasteiger partial charge in [-0.15, -0.1) is 0 Å². The van der Waals surface area contributed by atoms with Crippen molar-refractivity contribution in [2.24, 2.45) is 0 Å². The molecule has 20 heavy (non-hydrogen) atoms. The van der Waals surface area contributed by atoms with Crippen molar-refractivity contribution in [3.63, 3.8) is 0 Å². The number of carbonyl (C=O) groups is 1. The normalized spacial score (nSPS) is 14.1. The van der Waals surface area contributed by atoms with Crippen LogP contribution in [0.3, 0.4) is 0 Å². The number of aromatic nitrogens is 1. The first kappa shape index (κ1) is 14.8. The van der Waals surface area contributed by atoms with Crippen molar-refractivity contribution in [2.45, 2.75) is 25.0 Å². The van der Waals surface area contributed by atoms with Gasteiger partial charge in [-0.1, -0.05) is 25.1 Å². The van der Waals surface area contributed by atoms with Gasteiger partial charge >= 0.3 is 0 Å². The lowest BCUT2D eigenvalue weighted by atomic mass is 10.1. The highest BCUT2D eigenvalue weighted by Gasteiger charge is 2.10. The van der Waals surface area contributed by atoms with Crippen LogP contribution >= 0.6 is 0 Å². The third-order valence-electron chi connectivity index (χ3n) is 3.47. The van der Waals surface area contributed by atoms with Crippen LogP contribution in [0.2, 0.25) is 0 Å². The number of fused-ring (bicyclic) bond motifs is 1. The molecular formula is C15H20N2O2S. The molecule has 0 bridgehead atoms. The van der Waals surface area contributed by atoms with Crippen molar-refractivity contribution in [2.75, 3.05) is 12.8 Å². The average Bonchev–Trinajstić information content (AvgIpc) is 2.82. The van der Waals surface area contributed by atoms with Crippen LogP contribution in [0.1, 0.15) is 18.9 Å². The van der Waals surface area contributed by atoms with E-state index in [9.17, 15) is 9.00 Å². The van der Waals surface area contributed by atoms with E-state index in [1.165, 1.54) is 0 Å². The molecule has 0 radical (unpaired) electrons. The van der Waals surface area contributed by atoms with Gasteiger partial charge < -0.3 is 10.3 Å². The highest BCUT2D eigenvalue weighted by atomic mass is 32.2. The van der Waals surface area contributed by atoms with Crippen molar-refractivity contribution >= 4 is 27.6 Å². The van der Waals surface area contributed by atoms with E-state index in [0.29, 0.717) is 13.0 Å². The van der Waals surface area contributed by atoms with Gasteiger partial charge in [-0.25, -0.2) is 0 Å². The lowest BCUT2D eigenvalue weighted by Crippen LogP contribution is -2.28. The largest absolute Gasteiger partial charge is 0.361 e. The number of para-hydroxylation sites is 1. The van der Waals surface area contributed by atoms with Gasteiger partial charge in [0.25, 0.3) is 0 Å². The second-order valence-electron chi connectivity index (χ2n) is 4.98. The Kier molecular flexibility index (Phi) is 4.95. The molecule has 0 saturated carbocycles. The number of benzene rings is 1. The lowest BCUT2D eigenvalue weighted by Gasteiger charge is -2.09. The predicted molar refractivity (Wildman–Crippen MR) is 83.2 cm³/mol. The standard InChI is InChI=1S/C15H20N2O2S/c1-11(20(2)19)7-8-16-15(18)9-12-10-17-14-6-4-3-5-13(12)14/h3-6,10-11,17H,7-9H2,1-2H3,(H,16,18). The molecule has 4 nitrogen and oxygen atoms in total. The van der Waals surface area contributed by atoms with Crippen LogP contribution in [0.25, 0.3) is 10.9 Å². The summed E-state index contributed by atoms with van der Waals surface area (Å²) in [6, 6.07) is 7.94. The molecular weight excluding hydrogens is 272 g/mol. The third-order valence-corrected chi connectivity index (χ3v) is 4.83. The maximum absolute atomic E-state index is 11.9. The van der Waals surface area contributed by atoms with Crippen molar-refractivity contribution in [3.05, 3.63) is 36.0 Å². The van der Waals surface area contributed by atoms with Crippen LogP contribution in [0.4, 0.5) is 0 Å². The van der Waals surface area contributed by atoms with Gasteiger partial charge in [-0.2, -0.15) is 0 Å². The number of hydrogen-bond acceptors (Lipinski definition) is 2. The Morgan fingerprint density at radius 2 is 2.15 bits per heavy atom. The Balaban J connectivity index is 1.87. The summed E-state index contributed by atoms with van der Waals surface area (Å²) in [4.78, 5) is 15.1. The average molecular weight is 292 g/mol. The summed E-state index contributed by atoms with van der Waals surface area (Å²) in [5, 5.41) is 4.09. The van der Waals surface area contributed by atoms with Gasteiger partial charge in [0.2, 0.25) is 5.91 Å². The van der Waals surface area contributed by atoms with Crippen LogP contribution in [-0.2, 0) is 22.0 Å². The summed E-state index contributed by atoms with van der Waals surface area (Å²) in [6.45, 7) is 2.50. The second kappa shape index (κ2) is 6.70. The second-order valence-corrected chi connectivity index (χ2v) is 6.79. The first-order valence-corrected chi connectivity index (χ1v) is 8.34. The minimum atomic E-state index is -0.831. The Labute approximate surface area is 121 Å². The molecule has 0 spiro atoms. The third kappa shape index (κ3) is 3.70. The molecule has 2 rings (SSSR count). The van der Waals surface area contributed by atoms with E-state index in [0.717, 1.165) is 22.9 Å². The zero-order chi connectivity index (χ0) is 14.5. The maximum Gasteiger partial charge on any atom is 0.224 e. The topological polar surface area (TPSA) is 62.0 Å². The van der Waals surface area contributed by atoms with Crippen molar-refractivity contribution in [3.8, 4) is 0 Å². The predicted octanol–water partition coefficient (Wildman–Crippen LogP) is 1.98. The smallest absolute Gasteiger partial charge is 0.224 e. The van der Waals surface area contributed by atoms with Gasteiger partial charge in [0.1, 0.15) is 0 Å². The number of carbonyl (C=O) groups excluding carboxylic acids is 1. The molecule has 0 aliphatic rings. The van der Waals surface area contributed by atoms with Gasteiger partial charge in [0, 0.05) is 45.9 Å². The Morgan fingerprint density at radius 1 is 1.40 bits per heavy atom. The van der Waals surface area contributed by atoms with Crippen molar-refractivity contribution in [1.29, 1.82) is 0 Å². The van der Waals surface area contributed by atoms with Crippen LogP contribution in [0.15, 0.2) is 30.5 Å². The Morgan fingerprint density at radius 3 is 2.90 bits per heavy atom. The molecule has 2 unspecified atom stereocenters. The Hall–Kier alpha value is -1.62. The van der Waals surface area contributed by atoms with E-state index < -0.39 is 10.8 Å². The van der Waals surface area contributed by atoms with Gasteiger partial charge in [-0.05, 0) is 18.1 Å². The number of rotatable bonds is 6. The molecule has 0 fully saturated rings. The minimum absolute atomic E-state index is 0.00355. The molecule has 108 valence electrons. The van der Waals surface area contributed by atoms with Gasteiger partial charge in [0.15, 0.2) is 0 Å².